The summed E-state index contributed by atoms with van der Waals surface area (Å²) >= 11 is 0. The van der Waals surface area contributed by atoms with E-state index >= 15 is 0 Å². The first-order valence-corrected chi connectivity index (χ1v) is 12.0. The van der Waals surface area contributed by atoms with Crippen LogP contribution in [0.25, 0.3) is 0 Å². The summed E-state index contributed by atoms with van der Waals surface area (Å²) in [5.41, 5.74) is 2.91. The lowest BCUT2D eigenvalue weighted by atomic mass is 9.63. The lowest BCUT2D eigenvalue weighted by Crippen LogP contribution is -2.35. The van der Waals surface area contributed by atoms with Crippen molar-refractivity contribution in [2.24, 2.45) is 17.8 Å². The van der Waals surface area contributed by atoms with Gasteiger partial charge in [0.1, 0.15) is 6.23 Å². The molecular weight excluding hydrogens is 342 g/mol. The molecule has 0 bridgehead atoms. The van der Waals surface area contributed by atoms with Crippen LogP contribution in [-0.2, 0) is 4.74 Å². The average Bonchev–Trinajstić information content (AvgIpc) is 3.08. The Kier molecular flexibility index (Phi) is 6.47. The van der Waals surface area contributed by atoms with Crippen molar-refractivity contribution in [3.8, 4) is 0 Å². The highest BCUT2D eigenvalue weighted by Gasteiger charge is 2.36. The Morgan fingerprint density at radius 1 is 0.929 bits per heavy atom. The number of nitrogens with one attached hydrogen (secondary N) is 1. The zero-order chi connectivity index (χ0) is 19.6. The highest BCUT2D eigenvalue weighted by Crippen LogP contribution is 2.48. The second kappa shape index (κ2) is 8.88. The van der Waals surface area contributed by atoms with E-state index in [-0.39, 0.29) is 11.8 Å². The van der Waals surface area contributed by atoms with Crippen molar-refractivity contribution < 1.29 is 4.74 Å². The second-order valence-electron chi connectivity index (χ2n) is 10.6. The van der Waals surface area contributed by atoms with E-state index in [9.17, 15) is 0 Å². The molecule has 2 nitrogen and oxygen atoms in total. The third kappa shape index (κ3) is 4.82. The molecule has 5 unspecified atom stereocenters. The number of hydrogen-bond acceptors (Lipinski definition) is 2. The summed E-state index contributed by atoms with van der Waals surface area (Å²) in [6.07, 6.45) is 14.6. The molecule has 3 fully saturated rings. The van der Waals surface area contributed by atoms with Crippen molar-refractivity contribution in [1.29, 1.82) is 0 Å². The molecule has 156 valence electrons. The maximum Gasteiger partial charge on any atom is 0.134 e. The van der Waals surface area contributed by atoms with E-state index < -0.39 is 0 Å². The zero-order valence-electron chi connectivity index (χ0n) is 18.4. The van der Waals surface area contributed by atoms with Crippen molar-refractivity contribution in [1.82, 2.24) is 5.32 Å². The fourth-order valence-corrected chi connectivity index (χ4v) is 6.09. The van der Waals surface area contributed by atoms with E-state index in [0.717, 1.165) is 30.3 Å². The van der Waals surface area contributed by atoms with E-state index in [1.165, 1.54) is 69.8 Å². The molecule has 0 aromatic heterocycles. The van der Waals surface area contributed by atoms with Gasteiger partial charge in [0.05, 0.1) is 6.61 Å². The molecule has 2 aliphatic carbocycles. The van der Waals surface area contributed by atoms with Crippen LogP contribution in [0.4, 0.5) is 0 Å². The van der Waals surface area contributed by atoms with Gasteiger partial charge < -0.3 is 4.74 Å². The molecule has 1 saturated heterocycles. The summed E-state index contributed by atoms with van der Waals surface area (Å²) in [6, 6.07) is 9.36. The molecule has 3 aliphatic rings. The first kappa shape index (κ1) is 20.4. The number of fused-ring (bicyclic) bond motifs is 1. The summed E-state index contributed by atoms with van der Waals surface area (Å²) in [6.45, 7) is 7.52. The van der Waals surface area contributed by atoms with Crippen LogP contribution in [-0.4, -0.2) is 12.1 Å². The maximum atomic E-state index is 5.94. The predicted molar refractivity (Wildman–Crippen MR) is 117 cm³/mol. The average molecular weight is 384 g/mol. The highest BCUT2D eigenvalue weighted by molar-refractivity contribution is 5.28. The van der Waals surface area contributed by atoms with Crippen molar-refractivity contribution in [2.75, 3.05) is 6.61 Å². The molecule has 5 atom stereocenters. The predicted octanol–water partition coefficient (Wildman–Crippen LogP) is 6.96. The summed E-state index contributed by atoms with van der Waals surface area (Å²) in [7, 11) is 0. The number of ether oxygens (including phenoxy) is 1. The lowest BCUT2D eigenvalue weighted by molar-refractivity contribution is 0.0988. The molecule has 4 rings (SSSR count). The fourth-order valence-electron chi connectivity index (χ4n) is 6.09. The zero-order valence-corrected chi connectivity index (χ0v) is 18.4. The van der Waals surface area contributed by atoms with Crippen molar-refractivity contribution >= 4 is 0 Å². The Balaban J connectivity index is 1.30. The van der Waals surface area contributed by atoms with Gasteiger partial charge in [0, 0.05) is 5.54 Å². The SMILES string of the molecule is CCCCCC1CCC2CC(c3ccc(C4NC(C)(C)CO4)cc3)CCC2C1. The topological polar surface area (TPSA) is 21.3 Å². The van der Waals surface area contributed by atoms with Gasteiger partial charge >= 0.3 is 0 Å². The minimum Gasteiger partial charge on any atom is -0.357 e. The Labute approximate surface area is 172 Å². The van der Waals surface area contributed by atoms with Crippen LogP contribution in [0.5, 0.6) is 0 Å². The largest absolute Gasteiger partial charge is 0.357 e. The lowest BCUT2D eigenvalue weighted by Gasteiger charge is -2.42. The molecule has 1 heterocycles. The van der Waals surface area contributed by atoms with Gasteiger partial charge in [-0.05, 0) is 80.8 Å². The van der Waals surface area contributed by atoms with Gasteiger partial charge in [-0.25, -0.2) is 0 Å². The van der Waals surface area contributed by atoms with Gasteiger partial charge in [-0.3, -0.25) is 5.32 Å². The summed E-state index contributed by atoms with van der Waals surface area (Å²) < 4.78 is 5.94. The summed E-state index contributed by atoms with van der Waals surface area (Å²) in [4.78, 5) is 0. The Hall–Kier alpha value is -0.860. The molecule has 0 amide bonds. The highest BCUT2D eigenvalue weighted by atomic mass is 16.5. The normalized spacial score (nSPS) is 34.9. The number of hydrogen-bond donors (Lipinski definition) is 1. The first-order valence-electron chi connectivity index (χ1n) is 12.0. The van der Waals surface area contributed by atoms with Gasteiger partial charge in [0.25, 0.3) is 0 Å². The third-order valence-electron chi connectivity index (χ3n) is 7.78. The van der Waals surface area contributed by atoms with Crippen LogP contribution in [0.2, 0.25) is 0 Å². The van der Waals surface area contributed by atoms with Gasteiger partial charge in [0.15, 0.2) is 0 Å². The molecule has 2 heteroatoms. The summed E-state index contributed by atoms with van der Waals surface area (Å²) in [5.74, 6) is 3.82. The molecule has 2 saturated carbocycles. The van der Waals surface area contributed by atoms with Crippen LogP contribution < -0.4 is 5.32 Å². The fraction of sp³-hybridized carbons (Fsp3) is 0.769. The molecule has 0 spiro atoms. The molecule has 1 aromatic carbocycles. The Morgan fingerprint density at radius 2 is 1.64 bits per heavy atom. The van der Waals surface area contributed by atoms with Gasteiger partial charge in [0.2, 0.25) is 0 Å². The van der Waals surface area contributed by atoms with Crippen LogP contribution in [0, 0.1) is 17.8 Å². The van der Waals surface area contributed by atoms with Crippen molar-refractivity contribution in [3.05, 3.63) is 35.4 Å². The monoisotopic (exact) mass is 383 g/mol. The van der Waals surface area contributed by atoms with E-state index in [4.69, 9.17) is 4.74 Å². The van der Waals surface area contributed by atoms with Crippen LogP contribution in [0.15, 0.2) is 24.3 Å². The molecule has 1 aromatic rings. The standard InChI is InChI=1S/C26H41NO/c1-4-5-6-7-19-8-9-24-17-23(15-14-22(24)16-19)20-10-12-21(13-11-20)25-27-26(2,3)18-28-25/h10-13,19,22-25,27H,4-9,14-18H2,1-3H3. The van der Waals surface area contributed by atoms with Crippen LogP contribution in [0.3, 0.4) is 0 Å². The quantitative estimate of drug-likeness (QED) is 0.536. The van der Waals surface area contributed by atoms with E-state index in [0.29, 0.717) is 0 Å². The van der Waals surface area contributed by atoms with E-state index in [1.54, 1.807) is 5.56 Å². The molecular formula is C26H41NO. The maximum absolute atomic E-state index is 5.94. The summed E-state index contributed by atoms with van der Waals surface area (Å²) in [5, 5.41) is 3.58. The Morgan fingerprint density at radius 3 is 2.36 bits per heavy atom. The molecule has 28 heavy (non-hydrogen) atoms. The van der Waals surface area contributed by atoms with E-state index in [2.05, 4.69) is 50.4 Å². The van der Waals surface area contributed by atoms with Gasteiger partial charge in [-0.15, -0.1) is 0 Å². The minimum atomic E-state index is 0.0581. The minimum absolute atomic E-state index is 0.0581. The van der Waals surface area contributed by atoms with Crippen LogP contribution in [0.1, 0.15) is 108 Å². The number of benzene rings is 1. The third-order valence-corrected chi connectivity index (χ3v) is 7.78. The van der Waals surface area contributed by atoms with Gasteiger partial charge in [-0.2, -0.15) is 0 Å². The molecule has 1 N–H and O–H groups in total. The molecule has 0 radical (unpaired) electrons. The second-order valence-corrected chi connectivity index (χ2v) is 10.6. The van der Waals surface area contributed by atoms with Crippen molar-refractivity contribution in [3.63, 3.8) is 0 Å². The van der Waals surface area contributed by atoms with Crippen molar-refractivity contribution in [2.45, 2.75) is 103 Å². The Bertz CT molecular complexity index is 622. The van der Waals surface area contributed by atoms with E-state index in [1.807, 2.05) is 0 Å². The number of unbranched alkanes of at least 4 members (excludes halogenated alkanes) is 2. The van der Waals surface area contributed by atoms with Gasteiger partial charge in [-0.1, -0.05) is 63.3 Å². The number of rotatable bonds is 6. The first-order chi connectivity index (χ1) is 13.5. The smallest absolute Gasteiger partial charge is 0.134 e. The molecule has 1 aliphatic heterocycles. The van der Waals surface area contributed by atoms with Crippen LogP contribution >= 0.6 is 0 Å².